The third-order valence-electron chi connectivity index (χ3n) is 5.04. The fourth-order valence-corrected chi connectivity index (χ4v) is 3.40. The summed E-state index contributed by atoms with van der Waals surface area (Å²) in [5.41, 5.74) is -0.842. The molecule has 12 heteroatoms. The number of fused-ring (bicyclic) bond motifs is 1. The molecule has 1 amide bonds. The van der Waals surface area contributed by atoms with Crippen molar-refractivity contribution in [1.82, 2.24) is 14.9 Å². The first-order valence-electron chi connectivity index (χ1n) is 9.71. The number of nitrogens with one attached hydrogen (secondary N) is 1. The molecule has 0 saturated carbocycles. The normalized spacial score (nSPS) is 13.0. The molecule has 0 atom stereocenters. The first-order valence-corrected chi connectivity index (χ1v) is 9.71. The van der Waals surface area contributed by atoms with Gasteiger partial charge in [-0.05, 0) is 17.7 Å². The van der Waals surface area contributed by atoms with E-state index in [-0.39, 0.29) is 40.8 Å². The first kappa shape index (κ1) is 23.0. The van der Waals surface area contributed by atoms with Gasteiger partial charge < -0.3 is 19.7 Å². The smallest absolute Gasteiger partial charge is 0.423 e. The highest BCUT2D eigenvalue weighted by Crippen LogP contribution is 2.40. The number of carbonyl (C=O) groups is 2. The highest BCUT2D eigenvalue weighted by molar-refractivity contribution is 6.00. The van der Waals surface area contributed by atoms with Gasteiger partial charge in [-0.15, -0.1) is 0 Å². The number of hydrogen-bond acceptors (Lipinski definition) is 7. The molecule has 34 heavy (non-hydrogen) atoms. The monoisotopic (exact) mass is 476 g/mol. The van der Waals surface area contributed by atoms with E-state index in [1.54, 1.807) is 19.2 Å². The summed E-state index contributed by atoms with van der Waals surface area (Å²) in [6.45, 7) is 0.288. The number of alkyl halides is 3. The van der Waals surface area contributed by atoms with Crippen LogP contribution >= 0.6 is 0 Å². The Morgan fingerprint density at radius 1 is 1.21 bits per heavy atom. The average molecular weight is 476 g/mol. The number of nitrogens with zero attached hydrogens (tertiary/aromatic N) is 3. The number of ether oxygens (including phenoxy) is 2. The summed E-state index contributed by atoms with van der Waals surface area (Å²) < 4.78 is 65.5. The van der Waals surface area contributed by atoms with Gasteiger partial charge in [0.25, 0.3) is 5.91 Å². The molecule has 4 rings (SSSR count). The molecule has 1 aromatic heterocycles. The molecule has 0 bridgehead atoms. The van der Waals surface area contributed by atoms with Crippen LogP contribution in [0.4, 0.5) is 29.2 Å². The maximum atomic E-state index is 14.1. The van der Waals surface area contributed by atoms with Crippen LogP contribution in [0.1, 0.15) is 31.8 Å². The third kappa shape index (κ3) is 4.21. The zero-order chi connectivity index (χ0) is 24.6. The number of carbonyl (C=O) groups excluding carboxylic acids is 2. The van der Waals surface area contributed by atoms with Crippen LogP contribution in [0, 0.1) is 5.82 Å². The van der Waals surface area contributed by atoms with E-state index in [1.807, 2.05) is 0 Å². The van der Waals surface area contributed by atoms with Crippen LogP contribution in [-0.2, 0) is 12.7 Å². The average Bonchev–Trinajstić information content (AvgIpc) is 3.07. The highest BCUT2D eigenvalue weighted by atomic mass is 19.4. The van der Waals surface area contributed by atoms with Crippen LogP contribution in [0.5, 0.6) is 17.4 Å². The maximum Gasteiger partial charge on any atom is 0.423 e. The largest absolute Gasteiger partial charge is 0.495 e. The number of aldehydes is 1. The van der Waals surface area contributed by atoms with E-state index in [9.17, 15) is 27.2 Å². The molecule has 0 aliphatic carbocycles. The Kier molecular flexibility index (Phi) is 5.82. The number of anilines is 2. The topological polar surface area (TPSA) is 93.7 Å². The molecule has 1 N–H and O–H groups in total. The summed E-state index contributed by atoms with van der Waals surface area (Å²) in [6.07, 6.45) is -4.06. The molecule has 1 aliphatic rings. The molecule has 2 heterocycles. The summed E-state index contributed by atoms with van der Waals surface area (Å²) in [5, 5.41) is 2.56. The Balaban J connectivity index is 1.75. The second-order valence-electron chi connectivity index (χ2n) is 7.28. The van der Waals surface area contributed by atoms with E-state index in [4.69, 9.17) is 9.47 Å². The van der Waals surface area contributed by atoms with Crippen LogP contribution in [-0.4, -0.2) is 41.2 Å². The summed E-state index contributed by atoms with van der Waals surface area (Å²) in [6, 6.07) is 6.62. The number of aromatic nitrogens is 2. The van der Waals surface area contributed by atoms with Crippen molar-refractivity contribution in [3.8, 4) is 17.4 Å². The zero-order valence-electron chi connectivity index (χ0n) is 17.7. The lowest BCUT2D eigenvalue weighted by atomic mass is 10.1. The van der Waals surface area contributed by atoms with Gasteiger partial charge in [0.15, 0.2) is 6.29 Å². The second-order valence-corrected chi connectivity index (χ2v) is 7.28. The lowest BCUT2D eigenvalue weighted by Crippen LogP contribution is -2.18. The van der Waals surface area contributed by atoms with Gasteiger partial charge >= 0.3 is 6.18 Å². The van der Waals surface area contributed by atoms with Gasteiger partial charge in [0.1, 0.15) is 22.9 Å². The standard InChI is InChI=1S/C22H16F4N4O4/c1-30-9-11-4-3-5-16(18(11)20(30)32)34-19-13(22(24,25)26)8-27-21(29-19)28-15-7-14(23)12(10-31)6-17(15)33-2/h3-8,10H,9H2,1-2H3,(H,27,28,29). The number of rotatable bonds is 6. The van der Waals surface area contributed by atoms with Gasteiger partial charge in [-0.1, -0.05) is 12.1 Å². The Morgan fingerprint density at radius 2 is 1.97 bits per heavy atom. The summed E-state index contributed by atoms with van der Waals surface area (Å²) >= 11 is 0. The molecule has 0 fully saturated rings. The highest BCUT2D eigenvalue weighted by Gasteiger charge is 2.37. The van der Waals surface area contributed by atoms with Gasteiger partial charge in [0.2, 0.25) is 11.8 Å². The number of methoxy groups -OCH3 is 1. The minimum Gasteiger partial charge on any atom is -0.495 e. The molecular weight excluding hydrogens is 460 g/mol. The molecular formula is C22H16F4N4O4. The second kappa shape index (κ2) is 8.61. The van der Waals surface area contributed by atoms with Crippen LogP contribution < -0.4 is 14.8 Å². The Bertz CT molecular complexity index is 1300. The van der Waals surface area contributed by atoms with Crippen molar-refractivity contribution in [3.05, 3.63) is 64.6 Å². The van der Waals surface area contributed by atoms with E-state index in [1.165, 1.54) is 18.1 Å². The molecule has 8 nitrogen and oxygen atoms in total. The maximum absolute atomic E-state index is 14.1. The van der Waals surface area contributed by atoms with Crippen LogP contribution in [0.15, 0.2) is 36.5 Å². The number of hydrogen-bond donors (Lipinski definition) is 1. The summed E-state index contributed by atoms with van der Waals surface area (Å²) in [4.78, 5) is 32.3. The minimum absolute atomic E-state index is 0.0315. The number of benzene rings is 2. The van der Waals surface area contributed by atoms with E-state index in [2.05, 4.69) is 15.3 Å². The van der Waals surface area contributed by atoms with Gasteiger partial charge in [0.05, 0.1) is 23.9 Å². The minimum atomic E-state index is -4.86. The summed E-state index contributed by atoms with van der Waals surface area (Å²) in [5.74, 6) is -2.57. The van der Waals surface area contributed by atoms with Crippen LogP contribution in [0.3, 0.4) is 0 Å². The van der Waals surface area contributed by atoms with Crippen molar-refractivity contribution in [3.63, 3.8) is 0 Å². The molecule has 1 aliphatic heterocycles. The molecule has 0 spiro atoms. The molecule has 3 aromatic rings. The fourth-order valence-electron chi connectivity index (χ4n) is 3.40. The van der Waals surface area contributed by atoms with Gasteiger partial charge in [-0.2, -0.15) is 18.2 Å². The first-order chi connectivity index (χ1) is 16.1. The Morgan fingerprint density at radius 3 is 2.65 bits per heavy atom. The third-order valence-corrected chi connectivity index (χ3v) is 5.04. The van der Waals surface area contributed by atoms with E-state index in [0.717, 1.165) is 12.1 Å². The van der Waals surface area contributed by atoms with Crippen LogP contribution in [0.2, 0.25) is 0 Å². The van der Waals surface area contributed by atoms with Gasteiger partial charge in [-0.3, -0.25) is 9.59 Å². The zero-order valence-corrected chi connectivity index (χ0v) is 17.7. The van der Waals surface area contributed by atoms with Crippen molar-refractivity contribution in [2.75, 3.05) is 19.5 Å². The van der Waals surface area contributed by atoms with E-state index >= 15 is 0 Å². The number of amides is 1. The van der Waals surface area contributed by atoms with Gasteiger partial charge in [-0.25, -0.2) is 9.37 Å². The molecule has 0 radical (unpaired) electrons. The van der Waals surface area contributed by atoms with Crippen molar-refractivity contribution in [1.29, 1.82) is 0 Å². The quantitative estimate of drug-likeness (QED) is 0.411. The lowest BCUT2D eigenvalue weighted by molar-refractivity contribution is -0.139. The van der Waals surface area contributed by atoms with Crippen molar-refractivity contribution >= 4 is 23.8 Å². The predicted molar refractivity (Wildman–Crippen MR) is 111 cm³/mol. The Hall–Kier alpha value is -4.22. The van der Waals surface area contributed by atoms with Crippen molar-refractivity contribution < 1.29 is 36.6 Å². The molecule has 176 valence electrons. The van der Waals surface area contributed by atoms with Crippen LogP contribution in [0.25, 0.3) is 0 Å². The van der Waals surface area contributed by atoms with E-state index in [0.29, 0.717) is 18.0 Å². The van der Waals surface area contributed by atoms with Crippen molar-refractivity contribution in [2.45, 2.75) is 12.7 Å². The van der Waals surface area contributed by atoms with E-state index < -0.39 is 29.3 Å². The summed E-state index contributed by atoms with van der Waals surface area (Å²) in [7, 11) is 2.82. The molecule has 0 unspecified atom stereocenters. The SMILES string of the molecule is COc1cc(C=O)c(F)cc1Nc1ncc(C(F)(F)F)c(Oc2cccc3c2C(=O)N(C)C3)n1. The Labute approximate surface area is 190 Å². The van der Waals surface area contributed by atoms with Crippen molar-refractivity contribution in [2.24, 2.45) is 0 Å². The molecule has 0 saturated heterocycles. The fraction of sp³-hybridized carbons (Fsp3) is 0.182. The van der Waals surface area contributed by atoms with Gasteiger partial charge in [0, 0.05) is 25.9 Å². The lowest BCUT2D eigenvalue weighted by Gasteiger charge is -2.16. The number of halogens is 4. The predicted octanol–water partition coefficient (Wildman–Crippen LogP) is 4.58. The molecule has 2 aromatic carbocycles.